The molecule has 0 atom stereocenters. The molecule has 7 nitrogen and oxygen atoms in total. The van der Waals surface area contributed by atoms with Crippen LogP contribution in [0.1, 0.15) is 11.4 Å². The zero-order chi connectivity index (χ0) is 21.9. The molecular formula is C24H23FN6O. The highest BCUT2D eigenvalue weighted by atomic mass is 19.1. The van der Waals surface area contributed by atoms with E-state index in [-0.39, 0.29) is 11.7 Å². The lowest BCUT2D eigenvalue weighted by Crippen LogP contribution is -2.49. The molecule has 3 aromatic carbocycles. The van der Waals surface area contributed by atoms with E-state index in [1.54, 1.807) is 16.8 Å². The van der Waals surface area contributed by atoms with Crippen LogP contribution in [0.2, 0.25) is 0 Å². The Morgan fingerprint density at radius 1 is 0.906 bits per heavy atom. The summed E-state index contributed by atoms with van der Waals surface area (Å²) in [5, 5.41) is 14.2. The van der Waals surface area contributed by atoms with Crippen LogP contribution in [0.25, 0.3) is 16.5 Å². The first-order chi connectivity index (χ1) is 15.7. The first kappa shape index (κ1) is 20.3. The summed E-state index contributed by atoms with van der Waals surface area (Å²) in [5.41, 5.74) is 1.78. The molecule has 0 radical (unpaired) electrons. The Hall–Kier alpha value is -3.65. The summed E-state index contributed by atoms with van der Waals surface area (Å²) in [6.07, 6.45) is 0.407. The fraction of sp³-hybridized carbons (Fsp3) is 0.250. The maximum Gasteiger partial charge on any atom is 0.227 e. The second kappa shape index (κ2) is 8.84. The largest absolute Gasteiger partial charge is 0.340 e. The van der Waals surface area contributed by atoms with Gasteiger partial charge in [-0.3, -0.25) is 9.69 Å². The van der Waals surface area contributed by atoms with Gasteiger partial charge in [0.05, 0.1) is 18.7 Å². The number of rotatable bonds is 5. The third kappa shape index (κ3) is 4.22. The van der Waals surface area contributed by atoms with Gasteiger partial charge in [-0.1, -0.05) is 42.5 Å². The summed E-state index contributed by atoms with van der Waals surface area (Å²) in [6.45, 7) is 3.40. The first-order valence-corrected chi connectivity index (χ1v) is 10.7. The van der Waals surface area contributed by atoms with Crippen molar-refractivity contribution >= 4 is 16.7 Å². The number of nitrogens with zero attached hydrogens (tertiary/aromatic N) is 6. The molecule has 1 fully saturated rings. The number of hydrogen-bond donors (Lipinski definition) is 0. The molecule has 1 aromatic heterocycles. The van der Waals surface area contributed by atoms with E-state index in [1.807, 2.05) is 29.2 Å². The zero-order valence-corrected chi connectivity index (χ0v) is 17.6. The summed E-state index contributed by atoms with van der Waals surface area (Å²) in [6, 6.07) is 20.4. The Balaban J connectivity index is 1.20. The van der Waals surface area contributed by atoms with Crippen LogP contribution < -0.4 is 0 Å². The van der Waals surface area contributed by atoms with Crippen LogP contribution in [0.3, 0.4) is 0 Å². The van der Waals surface area contributed by atoms with Gasteiger partial charge >= 0.3 is 0 Å². The topological polar surface area (TPSA) is 67.2 Å². The van der Waals surface area contributed by atoms with Gasteiger partial charge in [0.1, 0.15) is 5.82 Å². The molecule has 0 saturated carbocycles. The molecular weight excluding hydrogens is 407 g/mol. The van der Waals surface area contributed by atoms with Crippen molar-refractivity contribution in [1.82, 2.24) is 30.0 Å². The number of piperazine rings is 1. The molecule has 0 unspecified atom stereocenters. The molecule has 0 spiro atoms. The highest BCUT2D eigenvalue weighted by molar-refractivity contribution is 5.90. The van der Waals surface area contributed by atoms with Gasteiger partial charge in [0.2, 0.25) is 5.91 Å². The SMILES string of the molecule is O=C(Cc1cccc2ccccc12)N1CCN(Cc2nnnn2-c2ccc(F)cc2)CC1. The lowest BCUT2D eigenvalue weighted by molar-refractivity contribution is -0.132. The van der Waals surface area contributed by atoms with E-state index in [1.165, 1.54) is 12.1 Å². The monoisotopic (exact) mass is 430 g/mol. The molecule has 1 aliphatic rings. The first-order valence-electron chi connectivity index (χ1n) is 10.7. The van der Waals surface area contributed by atoms with Gasteiger partial charge in [-0.15, -0.1) is 5.10 Å². The number of benzene rings is 3. The standard InChI is InChI=1S/C24H23FN6O/c25-20-8-10-21(11-9-20)31-23(26-27-28-31)17-29-12-14-30(15-13-29)24(32)16-19-6-3-5-18-4-1-2-7-22(18)19/h1-11H,12-17H2. The van der Waals surface area contributed by atoms with Crippen molar-refractivity contribution in [3.8, 4) is 5.69 Å². The fourth-order valence-electron chi connectivity index (χ4n) is 4.16. The molecule has 4 aromatic rings. The average molecular weight is 430 g/mol. The van der Waals surface area contributed by atoms with Crippen LogP contribution in [-0.2, 0) is 17.8 Å². The Morgan fingerprint density at radius 3 is 2.47 bits per heavy atom. The van der Waals surface area contributed by atoms with Crippen molar-refractivity contribution in [1.29, 1.82) is 0 Å². The van der Waals surface area contributed by atoms with Gasteiger partial charge in [-0.25, -0.2) is 4.39 Å². The summed E-state index contributed by atoms with van der Waals surface area (Å²) in [5.74, 6) is 0.539. The number of fused-ring (bicyclic) bond motifs is 1. The Morgan fingerprint density at radius 2 is 1.66 bits per heavy atom. The van der Waals surface area contributed by atoms with E-state index in [0.717, 1.165) is 35.1 Å². The molecule has 5 rings (SSSR count). The van der Waals surface area contributed by atoms with E-state index < -0.39 is 0 Å². The summed E-state index contributed by atoms with van der Waals surface area (Å²) < 4.78 is 14.8. The predicted octanol–water partition coefficient (Wildman–Crippen LogP) is 2.84. The third-order valence-corrected chi connectivity index (χ3v) is 5.92. The minimum Gasteiger partial charge on any atom is -0.340 e. The molecule has 1 amide bonds. The van der Waals surface area contributed by atoms with Crippen LogP contribution in [0, 0.1) is 5.82 Å². The third-order valence-electron chi connectivity index (χ3n) is 5.92. The van der Waals surface area contributed by atoms with Gasteiger partial charge < -0.3 is 4.90 Å². The van der Waals surface area contributed by atoms with Crippen LogP contribution in [0.15, 0.2) is 66.7 Å². The van der Waals surface area contributed by atoms with Crippen molar-refractivity contribution in [3.05, 3.63) is 83.9 Å². The van der Waals surface area contributed by atoms with Crippen molar-refractivity contribution in [3.63, 3.8) is 0 Å². The van der Waals surface area contributed by atoms with E-state index >= 15 is 0 Å². The van der Waals surface area contributed by atoms with Gasteiger partial charge in [-0.05, 0) is 51.0 Å². The predicted molar refractivity (Wildman–Crippen MR) is 119 cm³/mol. The number of aromatic nitrogens is 4. The van der Waals surface area contributed by atoms with Gasteiger partial charge in [0.15, 0.2) is 5.82 Å². The highest BCUT2D eigenvalue weighted by Crippen LogP contribution is 2.20. The molecule has 0 bridgehead atoms. The van der Waals surface area contributed by atoms with E-state index in [0.29, 0.717) is 31.9 Å². The molecule has 0 N–H and O–H groups in total. The number of tetrazole rings is 1. The molecule has 1 aliphatic heterocycles. The molecule has 162 valence electrons. The quantitative estimate of drug-likeness (QED) is 0.487. The van der Waals surface area contributed by atoms with Gasteiger partial charge in [0, 0.05) is 26.2 Å². The number of hydrogen-bond acceptors (Lipinski definition) is 5. The minimum absolute atomic E-state index is 0.150. The Bertz CT molecular complexity index is 1230. The van der Waals surface area contributed by atoms with Gasteiger partial charge in [-0.2, -0.15) is 4.68 Å². The summed E-state index contributed by atoms with van der Waals surface area (Å²) in [4.78, 5) is 17.1. The maximum atomic E-state index is 13.2. The van der Waals surface area contributed by atoms with Crippen LogP contribution >= 0.6 is 0 Å². The maximum absolute atomic E-state index is 13.2. The van der Waals surface area contributed by atoms with Crippen molar-refractivity contribution in [2.24, 2.45) is 0 Å². The molecule has 8 heteroatoms. The second-order valence-electron chi connectivity index (χ2n) is 7.96. The smallest absolute Gasteiger partial charge is 0.227 e. The lowest BCUT2D eigenvalue weighted by atomic mass is 10.0. The van der Waals surface area contributed by atoms with E-state index in [9.17, 15) is 9.18 Å². The number of halogens is 1. The van der Waals surface area contributed by atoms with Crippen LogP contribution in [0.5, 0.6) is 0 Å². The van der Waals surface area contributed by atoms with Crippen molar-refractivity contribution < 1.29 is 9.18 Å². The molecule has 1 saturated heterocycles. The summed E-state index contributed by atoms with van der Waals surface area (Å²) in [7, 11) is 0. The van der Waals surface area contributed by atoms with Crippen LogP contribution in [-0.4, -0.2) is 62.1 Å². The van der Waals surface area contributed by atoms with E-state index in [2.05, 4.69) is 38.6 Å². The fourth-order valence-corrected chi connectivity index (χ4v) is 4.16. The minimum atomic E-state index is -0.298. The van der Waals surface area contributed by atoms with Crippen molar-refractivity contribution in [2.45, 2.75) is 13.0 Å². The van der Waals surface area contributed by atoms with Crippen LogP contribution in [0.4, 0.5) is 4.39 Å². The van der Waals surface area contributed by atoms with Gasteiger partial charge in [0.25, 0.3) is 0 Å². The number of amides is 1. The molecule has 32 heavy (non-hydrogen) atoms. The molecule has 0 aliphatic carbocycles. The van der Waals surface area contributed by atoms with E-state index in [4.69, 9.17) is 0 Å². The zero-order valence-electron chi connectivity index (χ0n) is 17.6. The Labute approximate surface area is 185 Å². The lowest BCUT2D eigenvalue weighted by Gasteiger charge is -2.34. The second-order valence-corrected chi connectivity index (χ2v) is 7.96. The Kier molecular flexibility index (Phi) is 5.60. The van der Waals surface area contributed by atoms with Crippen molar-refractivity contribution in [2.75, 3.05) is 26.2 Å². The number of carbonyl (C=O) groups excluding carboxylic acids is 1. The summed E-state index contributed by atoms with van der Waals surface area (Å²) >= 11 is 0. The normalized spacial score (nSPS) is 14.7. The number of carbonyl (C=O) groups is 1. The molecule has 2 heterocycles. The average Bonchev–Trinajstić information content (AvgIpc) is 3.28. The highest BCUT2D eigenvalue weighted by Gasteiger charge is 2.23.